The molecule has 1 saturated heterocycles. The van der Waals surface area contributed by atoms with Crippen molar-refractivity contribution in [2.45, 2.75) is 20.0 Å². The van der Waals surface area contributed by atoms with E-state index in [2.05, 4.69) is 10.2 Å². The first-order valence-electron chi connectivity index (χ1n) is 9.66. The second-order valence-electron chi connectivity index (χ2n) is 7.16. The molecule has 2 heterocycles. The summed E-state index contributed by atoms with van der Waals surface area (Å²) < 4.78 is 6.87. The zero-order chi connectivity index (χ0) is 21.7. The van der Waals surface area contributed by atoms with E-state index < -0.39 is 0 Å². The van der Waals surface area contributed by atoms with Gasteiger partial charge in [-0.15, -0.1) is 0 Å². The predicted octanol–water partition coefficient (Wildman–Crippen LogP) is 1.81. The second-order valence-corrected chi connectivity index (χ2v) is 7.60. The number of hydrogen-bond donors (Lipinski definition) is 1. The van der Waals surface area contributed by atoms with Crippen LogP contribution in [-0.2, 0) is 22.7 Å². The van der Waals surface area contributed by atoms with E-state index in [-0.39, 0.29) is 29.5 Å². The highest BCUT2D eigenvalue weighted by molar-refractivity contribution is 6.30. The first-order valence-corrected chi connectivity index (χ1v) is 10.0. The molecule has 0 atom stereocenters. The van der Waals surface area contributed by atoms with Gasteiger partial charge in [0.25, 0.3) is 0 Å². The van der Waals surface area contributed by atoms with Gasteiger partial charge in [-0.3, -0.25) is 19.3 Å². The Morgan fingerprint density at radius 1 is 1.13 bits per heavy atom. The van der Waals surface area contributed by atoms with E-state index in [0.717, 1.165) is 0 Å². The lowest BCUT2D eigenvalue weighted by molar-refractivity contribution is -0.130. The monoisotopic (exact) mass is 432 g/mol. The van der Waals surface area contributed by atoms with Crippen LogP contribution in [0.25, 0.3) is 0 Å². The van der Waals surface area contributed by atoms with Gasteiger partial charge in [0.1, 0.15) is 6.54 Å². The van der Waals surface area contributed by atoms with E-state index in [0.29, 0.717) is 49.1 Å². The molecule has 0 radical (unpaired) electrons. The van der Waals surface area contributed by atoms with Crippen LogP contribution in [0.15, 0.2) is 41.3 Å². The van der Waals surface area contributed by atoms with E-state index in [4.69, 9.17) is 16.3 Å². The Kier molecular flexibility index (Phi) is 7.12. The predicted molar refractivity (Wildman–Crippen MR) is 115 cm³/mol. The van der Waals surface area contributed by atoms with Crippen LogP contribution in [0.2, 0.25) is 5.02 Å². The molecule has 9 heteroatoms. The van der Waals surface area contributed by atoms with Gasteiger partial charge >= 0.3 is 0 Å². The normalized spacial score (nSPS) is 14.4. The quantitative estimate of drug-likeness (QED) is 0.752. The molecule has 0 spiro atoms. The average molecular weight is 433 g/mol. The first kappa shape index (κ1) is 21.9. The molecule has 3 rings (SSSR count). The Hall–Kier alpha value is -2.84. The molecular weight excluding hydrogens is 408 g/mol. The maximum atomic E-state index is 12.6. The number of hydrogen-bond acceptors (Lipinski definition) is 5. The lowest BCUT2D eigenvalue weighted by Crippen LogP contribution is -2.47. The van der Waals surface area contributed by atoms with Crippen LogP contribution in [0, 0.1) is 0 Å². The molecule has 1 fully saturated rings. The molecule has 2 amide bonds. The van der Waals surface area contributed by atoms with Gasteiger partial charge in [0.2, 0.25) is 17.2 Å². The molecular formula is C21H25ClN4O4. The molecule has 2 aromatic rings. The maximum Gasteiger partial charge on any atom is 0.244 e. The van der Waals surface area contributed by atoms with Crippen LogP contribution in [0.1, 0.15) is 12.6 Å². The van der Waals surface area contributed by atoms with E-state index in [1.54, 1.807) is 46.9 Å². The van der Waals surface area contributed by atoms with Gasteiger partial charge in [-0.2, -0.15) is 0 Å². The van der Waals surface area contributed by atoms with Crippen molar-refractivity contribution in [3.63, 3.8) is 0 Å². The maximum absolute atomic E-state index is 12.6. The number of ether oxygens (including phenoxy) is 1. The Labute approximate surface area is 180 Å². The number of pyridine rings is 1. The molecule has 1 aliphatic heterocycles. The van der Waals surface area contributed by atoms with Crippen LogP contribution in [0.5, 0.6) is 5.75 Å². The van der Waals surface area contributed by atoms with Gasteiger partial charge in [-0.05, 0) is 24.3 Å². The molecule has 0 unspecified atom stereocenters. The number of carbonyl (C=O) groups is 2. The van der Waals surface area contributed by atoms with Crippen LogP contribution in [-0.4, -0.2) is 59.5 Å². The van der Waals surface area contributed by atoms with Crippen molar-refractivity contribution in [2.24, 2.45) is 0 Å². The SMILES string of the molecule is COc1cn(CC(=O)Nc2ccc(Cl)cc2)c(CN2CCN(C(C)=O)CC2)cc1=O. The highest BCUT2D eigenvalue weighted by Crippen LogP contribution is 2.15. The smallest absolute Gasteiger partial charge is 0.244 e. The fourth-order valence-electron chi connectivity index (χ4n) is 3.37. The minimum Gasteiger partial charge on any atom is -0.491 e. The summed E-state index contributed by atoms with van der Waals surface area (Å²) in [5.74, 6) is 0.0139. The molecule has 0 aliphatic carbocycles. The lowest BCUT2D eigenvalue weighted by atomic mass is 10.2. The van der Waals surface area contributed by atoms with Crippen LogP contribution in [0.4, 0.5) is 5.69 Å². The molecule has 0 saturated carbocycles. The number of piperazine rings is 1. The average Bonchev–Trinajstić information content (AvgIpc) is 2.72. The summed E-state index contributed by atoms with van der Waals surface area (Å²) in [4.78, 5) is 40.3. The summed E-state index contributed by atoms with van der Waals surface area (Å²) in [5, 5.41) is 3.41. The number of nitrogens with zero attached hydrogens (tertiary/aromatic N) is 3. The standard InChI is InChI=1S/C21H25ClN4O4/c1-15(27)25-9-7-24(8-10-25)12-18-11-19(28)20(30-2)13-26(18)14-21(29)23-17-5-3-16(22)4-6-17/h3-6,11,13H,7-10,12,14H2,1-2H3,(H,23,29). The molecule has 1 aromatic heterocycles. The molecule has 30 heavy (non-hydrogen) atoms. The summed E-state index contributed by atoms with van der Waals surface area (Å²) in [6.07, 6.45) is 1.56. The van der Waals surface area contributed by atoms with Gasteiger partial charge in [0, 0.05) is 62.1 Å². The number of rotatable bonds is 6. The zero-order valence-electron chi connectivity index (χ0n) is 17.1. The number of aromatic nitrogens is 1. The Bertz CT molecular complexity index is 966. The van der Waals surface area contributed by atoms with Crippen LogP contribution < -0.4 is 15.5 Å². The van der Waals surface area contributed by atoms with Gasteiger partial charge in [0.05, 0.1) is 13.3 Å². The number of benzene rings is 1. The first-order chi connectivity index (χ1) is 14.4. The molecule has 1 aliphatic rings. The summed E-state index contributed by atoms with van der Waals surface area (Å²) in [7, 11) is 1.43. The number of methoxy groups -OCH3 is 1. The van der Waals surface area contributed by atoms with Crippen molar-refractivity contribution in [1.82, 2.24) is 14.4 Å². The number of nitrogens with one attached hydrogen (secondary N) is 1. The number of anilines is 1. The summed E-state index contributed by atoms with van der Waals surface area (Å²) in [6, 6.07) is 8.35. The van der Waals surface area contributed by atoms with Crippen LogP contribution >= 0.6 is 11.6 Å². The van der Waals surface area contributed by atoms with Gasteiger partial charge in [0.15, 0.2) is 5.75 Å². The molecule has 160 valence electrons. The third kappa shape index (κ3) is 5.61. The van der Waals surface area contributed by atoms with Gasteiger partial charge in [-0.25, -0.2) is 0 Å². The van der Waals surface area contributed by atoms with E-state index in [9.17, 15) is 14.4 Å². The van der Waals surface area contributed by atoms with Crippen molar-refractivity contribution in [2.75, 3.05) is 38.6 Å². The summed E-state index contributed by atoms with van der Waals surface area (Å²) in [6.45, 7) is 4.80. The highest BCUT2D eigenvalue weighted by atomic mass is 35.5. The minimum absolute atomic E-state index is 0.0298. The Balaban J connectivity index is 1.74. The second kappa shape index (κ2) is 9.77. The molecule has 0 bridgehead atoms. The zero-order valence-corrected chi connectivity index (χ0v) is 17.8. The minimum atomic E-state index is -0.232. The van der Waals surface area contributed by atoms with Crippen molar-refractivity contribution >= 4 is 29.1 Å². The van der Waals surface area contributed by atoms with Gasteiger partial charge < -0.3 is 19.5 Å². The van der Waals surface area contributed by atoms with Crippen molar-refractivity contribution in [3.05, 3.63) is 57.5 Å². The number of halogens is 1. The van der Waals surface area contributed by atoms with Crippen molar-refractivity contribution < 1.29 is 14.3 Å². The third-order valence-corrected chi connectivity index (χ3v) is 5.30. The molecule has 8 nitrogen and oxygen atoms in total. The topological polar surface area (TPSA) is 83.9 Å². The lowest BCUT2D eigenvalue weighted by Gasteiger charge is -2.34. The third-order valence-electron chi connectivity index (χ3n) is 5.05. The number of amides is 2. The van der Waals surface area contributed by atoms with E-state index in [1.165, 1.54) is 13.2 Å². The fraction of sp³-hybridized carbons (Fsp3) is 0.381. The largest absolute Gasteiger partial charge is 0.491 e. The van der Waals surface area contributed by atoms with Gasteiger partial charge in [-0.1, -0.05) is 11.6 Å². The summed E-state index contributed by atoms with van der Waals surface area (Å²) in [5.41, 5.74) is 1.12. The number of carbonyl (C=O) groups excluding carboxylic acids is 2. The highest BCUT2D eigenvalue weighted by Gasteiger charge is 2.20. The van der Waals surface area contributed by atoms with Crippen LogP contribution in [0.3, 0.4) is 0 Å². The Morgan fingerprint density at radius 2 is 1.80 bits per heavy atom. The van der Waals surface area contributed by atoms with Crippen molar-refractivity contribution in [3.8, 4) is 5.75 Å². The molecule has 1 aromatic carbocycles. The van der Waals surface area contributed by atoms with Crippen molar-refractivity contribution in [1.29, 1.82) is 0 Å². The summed E-state index contributed by atoms with van der Waals surface area (Å²) >= 11 is 5.88. The molecule has 1 N–H and O–H groups in total. The fourth-order valence-corrected chi connectivity index (χ4v) is 3.49. The van der Waals surface area contributed by atoms with E-state index in [1.807, 2.05) is 0 Å². The Morgan fingerprint density at radius 3 is 2.40 bits per heavy atom. The van der Waals surface area contributed by atoms with E-state index >= 15 is 0 Å².